The second-order valence-corrected chi connectivity index (χ2v) is 7.55. The second-order valence-electron chi connectivity index (χ2n) is 7.12. The van der Waals surface area contributed by atoms with Crippen LogP contribution in [0.15, 0.2) is 24.3 Å². The van der Waals surface area contributed by atoms with E-state index in [1.54, 1.807) is 0 Å². The Bertz CT molecular complexity index is 414. The molecule has 1 aromatic carbocycles. The maximum Gasteiger partial charge on any atom is 0.0408 e. The van der Waals surface area contributed by atoms with Crippen LogP contribution in [0.3, 0.4) is 0 Å². The van der Waals surface area contributed by atoms with Crippen LogP contribution in [0.5, 0.6) is 0 Å². The fraction of sp³-hybridized carbons (Fsp3) is 0.647. The van der Waals surface area contributed by atoms with Crippen LogP contribution in [-0.4, -0.2) is 12.1 Å². The van der Waals surface area contributed by atoms with E-state index in [-0.39, 0.29) is 5.54 Å². The summed E-state index contributed by atoms with van der Waals surface area (Å²) in [5, 5.41) is 4.56. The Morgan fingerprint density at radius 1 is 1.21 bits per heavy atom. The van der Waals surface area contributed by atoms with Gasteiger partial charge in [-0.15, -0.1) is 0 Å². The molecule has 1 aromatic rings. The highest BCUT2D eigenvalue weighted by atomic mass is 35.5. The minimum atomic E-state index is 0.198. The van der Waals surface area contributed by atoms with Crippen molar-refractivity contribution >= 4 is 11.6 Å². The summed E-state index contributed by atoms with van der Waals surface area (Å²) >= 11 is 6.11. The van der Waals surface area contributed by atoms with Gasteiger partial charge in [-0.2, -0.15) is 0 Å². The molecule has 0 radical (unpaired) electrons. The molecule has 0 heterocycles. The molecule has 0 spiro atoms. The first-order chi connectivity index (χ1) is 8.89. The van der Waals surface area contributed by atoms with E-state index < -0.39 is 0 Å². The summed E-state index contributed by atoms with van der Waals surface area (Å²) in [4.78, 5) is 0. The highest BCUT2D eigenvalue weighted by Gasteiger charge is 2.34. The van der Waals surface area contributed by atoms with Gasteiger partial charge in [0.15, 0.2) is 0 Å². The van der Waals surface area contributed by atoms with Gasteiger partial charge in [-0.25, -0.2) is 0 Å². The highest BCUT2D eigenvalue weighted by Crippen LogP contribution is 2.41. The van der Waals surface area contributed by atoms with Crippen molar-refractivity contribution in [2.45, 2.75) is 58.4 Å². The summed E-state index contributed by atoms with van der Waals surface area (Å²) in [6, 6.07) is 8.36. The van der Waals surface area contributed by atoms with E-state index in [2.05, 4.69) is 44.3 Å². The first-order valence-corrected chi connectivity index (χ1v) is 7.76. The van der Waals surface area contributed by atoms with Crippen molar-refractivity contribution in [1.82, 2.24) is 5.32 Å². The molecule has 0 aliphatic heterocycles. The number of halogens is 1. The lowest BCUT2D eigenvalue weighted by Crippen LogP contribution is -2.43. The van der Waals surface area contributed by atoms with Gasteiger partial charge < -0.3 is 5.32 Å². The molecule has 1 nitrogen and oxygen atoms in total. The van der Waals surface area contributed by atoms with Crippen molar-refractivity contribution in [1.29, 1.82) is 0 Å². The summed E-state index contributed by atoms with van der Waals surface area (Å²) in [6.45, 7) is 7.85. The Morgan fingerprint density at radius 3 is 2.47 bits per heavy atom. The van der Waals surface area contributed by atoms with Crippen molar-refractivity contribution in [3.63, 3.8) is 0 Å². The standard InChI is InChI=1S/C17H26ClN/c1-16(2,3)19-13-17(9-4-5-10-17)12-14-7-6-8-15(18)11-14/h6-8,11,19H,4-5,9-10,12-13H2,1-3H3. The zero-order valence-corrected chi connectivity index (χ0v) is 13.2. The zero-order valence-electron chi connectivity index (χ0n) is 12.4. The van der Waals surface area contributed by atoms with Gasteiger partial charge in [0.2, 0.25) is 0 Å². The van der Waals surface area contributed by atoms with E-state index in [0.29, 0.717) is 5.41 Å². The fourth-order valence-corrected chi connectivity index (χ4v) is 3.29. The predicted molar refractivity (Wildman–Crippen MR) is 83.8 cm³/mol. The first kappa shape index (κ1) is 14.9. The molecule has 0 unspecified atom stereocenters. The van der Waals surface area contributed by atoms with Gasteiger partial charge in [0, 0.05) is 17.1 Å². The van der Waals surface area contributed by atoms with Crippen LogP contribution >= 0.6 is 11.6 Å². The summed E-state index contributed by atoms with van der Waals surface area (Å²) in [6.07, 6.45) is 6.56. The van der Waals surface area contributed by atoms with E-state index in [0.717, 1.165) is 18.0 Å². The SMILES string of the molecule is CC(C)(C)NCC1(Cc2cccc(Cl)c2)CCCC1. The van der Waals surface area contributed by atoms with Crippen molar-refractivity contribution in [3.8, 4) is 0 Å². The lowest BCUT2D eigenvalue weighted by molar-refractivity contribution is 0.245. The number of hydrogen-bond acceptors (Lipinski definition) is 1. The smallest absolute Gasteiger partial charge is 0.0408 e. The minimum Gasteiger partial charge on any atom is -0.312 e. The quantitative estimate of drug-likeness (QED) is 0.832. The van der Waals surface area contributed by atoms with Gasteiger partial charge in [0.25, 0.3) is 0 Å². The molecule has 0 saturated heterocycles. The number of rotatable bonds is 4. The molecular formula is C17H26ClN. The maximum absolute atomic E-state index is 6.11. The van der Waals surface area contributed by atoms with Crippen molar-refractivity contribution < 1.29 is 0 Å². The molecule has 0 aromatic heterocycles. The number of benzene rings is 1. The largest absolute Gasteiger partial charge is 0.312 e. The molecule has 0 amide bonds. The van der Waals surface area contributed by atoms with E-state index >= 15 is 0 Å². The monoisotopic (exact) mass is 279 g/mol. The van der Waals surface area contributed by atoms with E-state index in [4.69, 9.17) is 11.6 Å². The third-order valence-corrected chi connectivity index (χ3v) is 4.36. The molecule has 19 heavy (non-hydrogen) atoms. The van der Waals surface area contributed by atoms with E-state index in [1.165, 1.54) is 31.2 Å². The van der Waals surface area contributed by atoms with Crippen LogP contribution in [0, 0.1) is 5.41 Å². The zero-order chi connectivity index (χ0) is 13.9. The van der Waals surface area contributed by atoms with Gasteiger partial charge in [-0.05, 0) is 63.1 Å². The molecule has 2 heteroatoms. The Morgan fingerprint density at radius 2 is 1.89 bits per heavy atom. The molecule has 1 N–H and O–H groups in total. The molecule has 1 saturated carbocycles. The van der Waals surface area contributed by atoms with Gasteiger partial charge in [0.05, 0.1) is 0 Å². The molecular weight excluding hydrogens is 254 g/mol. The van der Waals surface area contributed by atoms with Gasteiger partial charge >= 0.3 is 0 Å². The van der Waals surface area contributed by atoms with Crippen LogP contribution in [0.1, 0.15) is 52.0 Å². The van der Waals surface area contributed by atoms with E-state index in [9.17, 15) is 0 Å². The summed E-state index contributed by atoms with van der Waals surface area (Å²) in [7, 11) is 0. The summed E-state index contributed by atoms with van der Waals surface area (Å²) < 4.78 is 0. The van der Waals surface area contributed by atoms with Crippen molar-refractivity contribution in [3.05, 3.63) is 34.9 Å². The van der Waals surface area contributed by atoms with Crippen molar-refractivity contribution in [2.75, 3.05) is 6.54 Å². The summed E-state index contributed by atoms with van der Waals surface area (Å²) in [5.74, 6) is 0. The minimum absolute atomic E-state index is 0.198. The van der Waals surface area contributed by atoms with E-state index in [1.807, 2.05) is 6.07 Å². The molecule has 0 bridgehead atoms. The third kappa shape index (κ3) is 4.50. The summed E-state index contributed by atoms with van der Waals surface area (Å²) in [5.41, 5.74) is 2.01. The number of nitrogens with one attached hydrogen (secondary N) is 1. The normalized spacial score (nSPS) is 18.7. The van der Waals surface area contributed by atoms with Crippen molar-refractivity contribution in [2.24, 2.45) is 5.41 Å². The molecule has 0 atom stereocenters. The first-order valence-electron chi connectivity index (χ1n) is 7.38. The lowest BCUT2D eigenvalue weighted by atomic mass is 9.79. The average Bonchev–Trinajstić information content (AvgIpc) is 2.75. The fourth-order valence-electron chi connectivity index (χ4n) is 3.07. The average molecular weight is 280 g/mol. The molecule has 1 aliphatic carbocycles. The molecule has 106 valence electrons. The van der Waals surface area contributed by atoms with Gasteiger partial charge in [0.1, 0.15) is 0 Å². The van der Waals surface area contributed by atoms with Crippen LogP contribution in [0.25, 0.3) is 0 Å². The Hall–Kier alpha value is -0.530. The molecule has 1 fully saturated rings. The number of hydrogen-bond donors (Lipinski definition) is 1. The van der Waals surface area contributed by atoms with Crippen LogP contribution < -0.4 is 5.32 Å². The Kier molecular flexibility index (Phi) is 4.58. The third-order valence-electron chi connectivity index (χ3n) is 4.13. The van der Waals surface area contributed by atoms with Gasteiger partial charge in [-0.3, -0.25) is 0 Å². The Balaban J connectivity index is 2.07. The van der Waals surface area contributed by atoms with Crippen LogP contribution in [0.4, 0.5) is 0 Å². The predicted octanol–water partition coefficient (Wildman–Crippen LogP) is 4.83. The van der Waals surface area contributed by atoms with Gasteiger partial charge in [-0.1, -0.05) is 36.6 Å². The lowest BCUT2D eigenvalue weighted by Gasteiger charge is -2.33. The maximum atomic E-state index is 6.11. The topological polar surface area (TPSA) is 12.0 Å². The Labute approximate surface area is 122 Å². The van der Waals surface area contributed by atoms with Crippen LogP contribution in [-0.2, 0) is 6.42 Å². The second kappa shape index (κ2) is 5.85. The molecule has 1 aliphatic rings. The van der Waals surface area contributed by atoms with Crippen LogP contribution in [0.2, 0.25) is 5.02 Å². The highest BCUT2D eigenvalue weighted by molar-refractivity contribution is 6.30. The molecule has 2 rings (SSSR count).